The minimum absolute atomic E-state index is 0.244. The van der Waals surface area contributed by atoms with Gasteiger partial charge in [-0.3, -0.25) is 15.0 Å². The van der Waals surface area contributed by atoms with E-state index in [2.05, 4.69) is 20.4 Å². The molecular weight excluding hydrogens is 489 g/mol. The Morgan fingerprint density at radius 1 is 1.00 bits per heavy atom. The van der Waals surface area contributed by atoms with E-state index in [-0.39, 0.29) is 12.4 Å². The van der Waals surface area contributed by atoms with Gasteiger partial charge in [-0.2, -0.15) is 18.3 Å². The molecule has 0 aliphatic rings. The Morgan fingerprint density at radius 2 is 1.84 bits per heavy atom. The summed E-state index contributed by atoms with van der Waals surface area (Å²) >= 11 is 0. The second-order valence-electron chi connectivity index (χ2n) is 7.93. The SMILES string of the molecule is O=C(Nc1cc(C(F)(F)F)[nH]n1)n1ccc2cc(Oc3cc(COCc4ccccc4)ncn3)ccc21. The van der Waals surface area contributed by atoms with E-state index < -0.39 is 17.9 Å². The van der Waals surface area contributed by atoms with Gasteiger partial charge in [-0.25, -0.2) is 14.8 Å². The van der Waals surface area contributed by atoms with Gasteiger partial charge in [0.1, 0.15) is 17.8 Å². The van der Waals surface area contributed by atoms with E-state index in [1.165, 1.54) is 17.1 Å². The summed E-state index contributed by atoms with van der Waals surface area (Å²) in [6, 6.07) is 18.2. The van der Waals surface area contributed by atoms with Gasteiger partial charge < -0.3 is 9.47 Å². The number of nitrogens with one attached hydrogen (secondary N) is 2. The molecule has 0 aliphatic carbocycles. The smallest absolute Gasteiger partial charge is 0.432 e. The van der Waals surface area contributed by atoms with Crippen molar-refractivity contribution in [1.29, 1.82) is 0 Å². The van der Waals surface area contributed by atoms with Crippen LogP contribution >= 0.6 is 0 Å². The lowest BCUT2D eigenvalue weighted by atomic mass is 10.2. The van der Waals surface area contributed by atoms with Gasteiger partial charge in [-0.1, -0.05) is 30.3 Å². The van der Waals surface area contributed by atoms with Crippen molar-refractivity contribution in [2.24, 2.45) is 0 Å². The second kappa shape index (κ2) is 10.1. The molecule has 5 rings (SSSR count). The number of alkyl halides is 3. The fraction of sp³-hybridized carbons (Fsp3) is 0.120. The minimum atomic E-state index is -4.59. The number of nitrogens with zero attached hydrogens (tertiary/aromatic N) is 4. The zero-order valence-electron chi connectivity index (χ0n) is 19.1. The molecule has 0 saturated carbocycles. The average molecular weight is 508 g/mol. The predicted molar refractivity (Wildman–Crippen MR) is 127 cm³/mol. The van der Waals surface area contributed by atoms with Crippen molar-refractivity contribution in [1.82, 2.24) is 24.7 Å². The number of rotatable bonds is 7. The van der Waals surface area contributed by atoms with Crippen molar-refractivity contribution in [2.45, 2.75) is 19.4 Å². The van der Waals surface area contributed by atoms with E-state index >= 15 is 0 Å². The van der Waals surface area contributed by atoms with Crippen molar-refractivity contribution in [3.8, 4) is 11.6 Å². The molecule has 0 bridgehead atoms. The maximum atomic E-state index is 12.7. The van der Waals surface area contributed by atoms with Crippen LogP contribution < -0.4 is 10.1 Å². The molecule has 0 saturated heterocycles. The zero-order valence-corrected chi connectivity index (χ0v) is 19.1. The molecule has 3 aromatic heterocycles. The fourth-order valence-corrected chi connectivity index (χ4v) is 3.54. The highest BCUT2D eigenvalue weighted by Gasteiger charge is 2.33. The van der Waals surface area contributed by atoms with Crippen molar-refractivity contribution in [3.63, 3.8) is 0 Å². The second-order valence-corrected chi connectivity index (χ2v) is 7.93. The van der Waals surface area contributed by atoms with Crippen molar-refractivity contribution in [3.05, 3.63) is 96.2 Å². The van der Waals surface area contributed by atoms with Gasteiger partial charge >= 0.3 is 12.2 Å². The minimum Gasteiger partial charge on any atom is -0.439 e. The normalized spacial score (nSPS) is 11.5. The third kappa shape index (κ3) is 5.76. The third-order valence-corrected chi connectivity index (χ3v) is 5.28. The van der Waals surface area contributed by atoms with Crippen LogP contribution in [-0.2, 0) is 24.1 Å². The molecule has 0 aliphatic heterocycles. The number of aromatic nitrogens is 5. The first-order valence-corrected chi connectivity index (χ1v) is 11.0. The number of benzene rings is 2. The summed E-state index contributed by atoms with van der Waals surface area (Å²) in [4.78, 5) is 20.9. The van der Waals surface area contributed by atoms with E-state index in [0.717, 1.165) is 11.6 Å². The summed E-state index contributed by atoms with van der Waals surface area (Å²) < 4.78 is 51.0. The van der Waals surface area contributed by atoms with E-state index in [0.29, 0.717) is 34.8 Å². The topological polar surface area (TPSA) is 107 Å². The summed E-state index contributed by atoms with van der Waals surface area (Å²) in [5.41, 5.74) is 1.17. The molecule has 188 valence electrons. The zero-order chi connectivity index (χ0) is 25.8. The molecule has 9 nitrogen and oxygen atoms in total. The van der Waals surface area contributed by atoms with Gasteiger partial charge in [0.05, 0.1) is 24.4 Å². The van der Waals surface area contributed by atoms with Crippen LogP contribution in [0.15, 0.2) is 79.3 Å². The van der Waals surface area contributed by atoms with E-state index in [9.17, 15) is 18.0 Å². The lowest BCUT2D eigenvalue weighted by Crippen LogP contribution is -2.18. The highest BCUT2D eigenvalue weighted by Crippen LogP contribution is 2.29. The Bertz CT molecular complexity index is 1530. The van der Waals surface area contributed by atoms with Crippen molar-refractivity contribution >= 4 is 22.8 Å². The van der Waals surface area contributed by atoms with Gasteiger partial charge in [0.15, 0.2) is 5.82 Å². The predicted octanol–water partition coefficient (Wildman–Crippen LogP) is 5.76. The number of halogens is 3. The number of aromatic amines is 1. The van der Waals surface area contributed by atoms with Gasteiger partial charge in [0.25, 0.3) is 0 Å². The van der Waals surface area contributed by atoms with Crippen LogP contribution in [0.2, 0.25) is 0 Å². The summed E-state index contributed by atoms with van der Waals surface area (Å²) in [6.07, 6.45) is -1.71. The van der Waals surface area contributed by atoms with E-state index in [4.69, 9.17) is 9.47 Å². The molecule has 3 heterocycles. The quantitative estimate of drug-likeness (QED) is 0.289. The third-order valence-electron chi connectivity index (χ3n) is 5.28. The maximum Gasteiger partial charge on any atom is 0.432 e. The Hall–Kier alpha value is -4.71. The number of carbonyl (C=O) groups excluding carboxylic acids is 1. The molecular formula is C25H19F3N6O3. The van der Waals surface area contributed by atoms with E-state index in [1.54, 1.807) is 30.3 Å². The van der Waals surface area contributed by atoms with Gasteiger partial charge in [-0.05, 0) is 29.8 Å². The Morgan fingerprint density at radius 3 is 2.62 bits per heavy atom. The number of hydrogen-bond acceptors (Lipinski definition) is 6. The van der Waals surface area contributed by atoms with Crippen molar-refractivity contribution < 1.29 is 27.4 Å². The number of ether oxygens (including phenoxy) is 2. The number of fused-ring (bicyclic) bond motifs is 1. The Kier molecular flexibility index (Phi) is 6.56. The molecule has 5 aromatic rings. The lowest BCUT2D eigenvalue weighted by molar-refractivity contribution is -0.141. The van der Waals surface area contributed by atoms with Crippen LogP contribution in [0.5, 0.6) is 11.6 Å². The van der Waals surface area contributed by atoms with E-state index in [1.807, 2.05) is 35.4 Å². The maximum absolute atomic E-state index is 12.7. The van der Waals surface area contributed by atoms with Crippen molar-refractivity contribution in [2.75, 3.05) is 5.32 Å². The number of anilines is 1. The summed E-state index contributed by atoms with van der Waals surface area (Å²) in [5.74, 6) is 0.554. The fourth-order valence-electron chi connectivity index (χ4n) is 3.54. The van der Waals surface area contributed by atoms with Gasteiger partial charge in [0.2, 0.25) is 5.88 Å². The molecule has 0 atom stereocenters. The van der Waals surface area contributed by atoms with Crippen LogP contribution in [0.3, 0.4) is 0 Å². The van der Waals surface area contributed by atoms with Gasteiger partial charge in [0, 0.05) is 23.7 Å². The lowest BCUT2D eigenvalue weighted by Gasteiger charge is -2.08. The molecule has 2 N–H and O–H groups in total. The molecule has 0 fully saturated rings. The first-order valence-electron chi connectivity index (χ1n) is 11.0. The highest BCUT2D eigenvalue weighted by molar-refractivity contribution is 5.98. The Labute approximate surface area is 207 Å². The summed E-state index contributed by atoms with van der Waals surface area (Å²) in [5, 5.41) is 8.35. The average Bonchev–Trinajstić information content (AvgIpc) is 3.52. The summed E-state index contributed by atoms with van der Waals surface area (Å²) in [7, 11) is 0. The Balaban J connectivity index is 1.23. The number of amides is 1. The molecule has 12 heteroatoms. The first-order chi connectivity index (χ1) is 17.8. The number of H-pyrrole nitrogens is 1. The molecule has 0 spiro atoms. The van der Waals surface area contributed by atoms with Crippen LogP contribution in [0.25, 0.3) is 10.9 Å². The largest absolute Gasteiger partial charge is 0.439 e. The van der Waals surface area contributed by atoms with Gasteiger partial charge in [-0.15, -0.1) is 0 Å². The summed E-state index contributed by atoms with van der Waals surface area (Å²) in [6.45, 7) is 0.733. The molecule has 2 aromatic carbocycles. The molecule has 0 unspecified atom stereocenters. The molecule has 0 radical (unpaired) electrons. The monoisotopic (exact) mass is 508 g/mol. The van der Waals surface area contributed by atoms with Crippen LogP contribution in [0.4, 0.5) is 23.8 Å². The number of hydrogen-bond donors (Lipinski definition) is 2. The molecule has 1 amide bonds. The van der Waals surface area contributed by atoms with Crippen LogP contribution in [0, 0.1) is 0 Å². The van der Waals surface area contributed by atoms with Crippen LogP contribution in [0.1, 0.15) is 17.0 Å². The standard InChI is InChI=1S/C25H19F3N6O3/c26-25(27,28)21-12-22(33-32-21)31-24(35)34-9-8-17-10-19(6-7-20(17)34)37-23-11-18(29-15-30-23)14-36-13-16-4-2-1-3-5-16/h1-12,15H,13-14H2,(H2,31,32,33,35). The first kappa shape index (κ1) is 24.0. The van der Waals surface area contributed by atoms with Crippen LogP contribution in [-0.4, -0.2) is 30.8 Å². The highest BCUT2D eigenvalue weighted by atomic mass is 19.4. The number of carbonyl (C=O) groups is 1. The molecule has 37 heavy (non-hydrogen) atoms.